The summed E-state index contributed by atoms with van der Waals surface area (Å²) in [5.74, 6) is -0.148. The number of carbonyl (C=O) groups is 1. The Balaban J connectivity index is 0.00000256. The van der Waals surface area contributed by atoms with E-state index in [1.165, 1.54) is 7.11 Å². The van der Waals surface area contributed by atoms with Gasteiger partial charge in [-0.1, -0.05) is 46.3 Å². The van der Waals surface area contributed by atoms with Crippen LogP contribution in [-0.2, 0) is 11.3 Å². The molecule has 1 N–H and O–H groups in total. The van der Waals surface area contributed by atoms with E-state index >= 15 is 0 Å². The number of hydrogen-bond acceptors (Lipinski definition) is 4. The zero-order chi connectivity index (χ0) is 20.4. The Morgan fingerprint density at radius 1 is 1.13 bits per heavy atom. The highest BCUT2D eigenvalue weighted by Gasteiger charge is 2.26. The number of fused-ring (bicyclic) bond motifs is 1. The number of aromatic nitrogens is 1. The molecule has 4 rings (SSSR count). The molecule has 1 aliphatic heterocycles. The number of esters is 1. The van der Waals surface area contributed by atoms with Gasteiger partial charge in [0.2, 0.25) is 0 Å². The summed E-state index contributed by atoms with van der Waals surface area (Å²) in [4.78, 5) is 26.4. The van der Waals surface area contributed by atoms with Crippen molar-refractivity contribution in [2.45, 2.75) is 19.4 Å². The number of pyridine rings is 1. The zero-order valence-electron chi connectivity index (χ0n) is 16.7. The summed E-state index contributed by atoms with van der Waals surface area (Å²) in [7, 11) is 1.36. The van der Waals surface area contributed by atoms with Crippen LogP contribution in [0.5, 0.6) is 0 Å². The molecule has 0 atom stereocenters. The minimum Gasteiger partial charge on any atom is -0.464 e. The summed E-state index contributed by atoms with van der Waals surface area (Å²) in [5, 5.41) is 4.71. The zero-order valence-corrected chi connectivity index (χ0v) is 19.1. The largest absolute Gasteiger partial charge is 0.464 e. The van der Waals surface area contributed by atoms with Gasteiger partial charge < -0.3 is 14.6 Å². The molecule has 7 heteroatoms. The van der Waals surface area contributed by atoms with Crippen LogP contribution in [0.25, 0.3) is 21.9 Å². The van der Waals surface area contributed by atoms with Crippen molar-refractivity contribution in [2.24, 2.45) is 5.92 Å². The Labute approximate surface area is 190 Å². The number of ether oxygens (including phenoxy) is 1. The number of benzene rings is 2. The summed E-state index contributed by atoms with van der Waals surface area (Å²) in [6, 6.07) is 15.3. The highest BCUT2D eigenvalue weighted by atomic mass is 79.9. The van der Waals surface area contributed by atoms with Gasteiger partial charge in [-0.2, -0.15) is 0 Å². The van der Waals surface area contributed by atoms with Crippen LogP contribution in [0, 0.1) is 5.92 Å². The standard InChI is InChI=1S/C23H23BrN2O3.ClH/c1-29-23(28)21-20(16-5-3-2-4-6-16)19-13-17(24)7-8-18(19)22(27)26(21)14-15-9-11-25-12-10-15;/h2-8,13,15,25H,9-12,14H2,1H3;1H. The number of hydrogen-bond donors (Lipinski definition) is 1. The van der Waals surface area contributed by atoms with Crippen molar-refractivity contribution in [2.75, 3.05) is 20.2 Å². The molecule has 0 aliphatic carbocycles. The van der Waals surface area contributed by atoms with Gasteiger partial charge in [0, 0.05) is 22.0 Å². The quantitative estimate of drug-likeness (QED) is 0.540. The average molecular weight is 492 g/mol. The first-order valence-corrected chi connectivity index (χ1v) is 10.6. The van der Waals surface area contributed by atoms with Crippen molar-refractivity contribution < 1.29 is 9.53 Å². The predicted molar refractivity (Wildman–Crippen MR) is 126 cm³/mol. The van der Waals surface area contributed by atoms with Crippen LogP contribution in [-0.4, -0.2) is 30.7 Å². The molecule has 0 amide bonds. The lowest BCUT2D eigenvalue weighted by atomic mass is 9.94. The second-order valence-electron chi connectivity index (χ2n) is 7.38. The first kappa shape index (κ1) is 22.5. The third kappa shape index (κ3) is 4.31. The van der Waals surface area contributed by atoms with Gasteiger partial charge in [0.15, 0.2) is 0 Å². The highest BCUT2D eigenvalue weighted by molar-refractivity contribution is 9.10. The van der Waals surface area contributed by atoms with E-state index in [2.05, 4.69) is 21.2 Å². The maximum atomic E-state index is 13.5. The minimum absolute atomic E-state index is 0. The third-order valence-electron chi connectivity index (χ3n) is 5.57. The van der Waals surface area contributed by atoms with Crippen molar-refractivity contribution in [3.8, 4) is 11.1 Å². The molecule has 0 saturated carbocycles. The fourth-order valence-electron chi connectivity index (χ4n) is 4.12. The van der Waals surface area contributed by atoms with E-state index in [4.69, 9.17) is 4.74 Å². The molecular formula is C23H24BrClN2O3. The van der Waals surface area contributed by atoms with E-state index < -0.39 is 5.97 Å². The SMILES string of the molecule is COC(=O)c1c(-c2ccccc2)c2cc(Br)ccc2c(=O)n1CC1CCNCC1.Cl. The van der Waals surface area contributed by atoms with E-state index in [1.54, 1.807) is 4.57 Å². The number of carbonyl (C=O) groups excluding carboxylic acids is 1. The van der Waals surface area contributed by atoms with Crippen LogP contribution in [0.4, 0.5) is 0 Å². The van der Waals surface area contributed by atoms with Gasteiger partial charge in [-0.15, -0.1) is 12.4 Å². The molecule has 158 valence electrons. The van der Waals surface area contributed by atoms with E-state index in [-0.39, 0.29) is 18.0 Å². The molecular weight excluding hydrogens is 468 g/mol. The maximum absolute atomic E-state index is 13.5. The van der Waals surface area contributed by atoms with E-state index in [0.29, 0.717) is 23.5 Å². The summed E-state index contributed by atoms with van der Waals surface area (Å²) in [6.07, 6.45) is 1.96. The molecule has 0 spiro atoms. The molecule has 1 fully saturated rings. The second-order valence-corrected chi connectivity index (χ2v) is 8.30. The first-order valence-electron chi connectivity index (χ1n) is 9.80. The summed E-state index contributed by atoms with van der Waals surface area (Å²) in [6.45, 7) is 2.37. The van der Waals surface area contributed by atoms with E-state index in [0.717, 1.165) is 46.9 Å². The van der Waals surface area contributed by atoms with Gasteiger partial charge in [0.1, 0.15) is 5.69 Å². The first-order chi connectivity index (χ1) is 14.1. The number of nitrogens with zero attached hydrogens (tertiary/aromatic N) is 1. The third-order valence-corrected chi connectivity index (χ3v) is 6.07. The average Bonchev–Trinajstić information content (AvgIpc) is 2.76. The van der Waals surface area contributed by atoms with Crippen molar-refractivity contribution in [1.82, 2.24) is 9.88 Å². The fourth-order valence-corrected chi connectivity index (χ4v) is 4.48. The highest BCUT2D eigenvalue weighted by Crippen LogP contribution is 2.33. The number of nitrogens with one attached hydrogen (secondary N) is 1. The molecule has 1 saturated heterocycles. The molecule has 1 aromatic heterocycles. The Kier molecular flexibility index (Phi) is 7.34. The molecule has 30 heavy (non-hydrogen) atoms. The predicted octanol–water partition coefficient (Wildman–Crippen LogP) is 4.64. The van der Waals surface area contributed by atoms with Crippen molar-refractivity contribution in [3.05, 3.63) is 69.1 Å². The number of piperidine rings is 1. The lowest BCUT2D eigenvalue weighted by Gasteiger charge is -2.26. The van der Waals surface area contributed by atoms with Gasteiger partial charge in [0.05, 0.1) is 7.11 Å². The number of rotatable bonds is 4. The van der Waals surface area contributed by atoms with Crippen molar-refractivity contribution in [3.63, 3.8) is 0 Å². The Bertz CT molecular complexity index is 1110. The van der Waals surface area contributed by atoms with Crippen LogP contribution in [0.3, 0.4) is 0 Å². The molecule has 2 aromatic carbocycles. The monoisotopic (exact) mass is 490 g/mol. The van der Waals surface area contributed by atoms with Crippen LogP contribution in [0.15, 0.2) is 57.8 Å². The number of halogens is 2. The molecule has 0 bridgehead atoms. The lowest BCUT2D eigenvalue weighted by Crippen LogP contribution is -2.35. The molecule has 0 unspecified atom stereocenters. The van der Waals surface area contributed by atoms with Gasteiger partial charge in [-0.25, -0.2) is 4.79 Å². The summed E-state index contributed by atoms with van der Waals surface area (Å²) >= 11 is 3.51. The lowest BCUT2D eigenvalue weighted by molar-refractivity contribution is 0.0586. The van der Waals surface area contributed by atoms with Crippen LogP contribution >= 0.6 is 28.3 Å². The normalized spacial score (nSPS) is 14.3. The molecule has 0 radical (unpaired) electrons. The van der Waals surface area contributed by atoms with Crippen molar-refractivity contribution >= 4 is 45.1 Å². The Hall–Kier alpha value is -2.15. The van der Waals surface area contributed by atoms with Gasteiger partial charge >= 0.3 is 5.97 Å². The number of methoxy groups -OCH3 is 1. The van der Waals surface area contributed by atoms with Crippen LogP contribution < -0.4 is 10.9 Å². The van der Waals surface area contributed by atoms with Gasteiger partial charge in [-0.05, 0) is 61.0 Å². The molecule has 5 nitrogen and oxygen atoms in total. The Morgan fingerprint density at radius 3 is 2.50 bits per heavy atom. The van der Waals surface area contributed by atoms with Crippen LogP contribution in [0.2, 0.25) is 0 Å². The smallest absolute Gasteiger partial charge is 0.355 e. The minimum atomic E-state index is -0.489. The van der Waals surface area contributed by atoms with Gasteiger partial charge in [-0.3, -0.25) is 4.79 Å². The fraction of sp³-hybridized carbons (Fsp3) is 0.304. The maximum Gasteiger partial charge on any atom is 0.355 e. The van der Waals surface area contributed by atoms with Crippen molar-refractivity contribution in [1.29, 1.82) is 0 Å². The van der Waals surface area contributed by atoms with Crippen LogP contribution in [0.1, 0.15) is 23.3 Å². The summed E-state index contributed by atoms with van der Waals surface area (Å²) in [5.41, 5.74) is 1.80. The molecule has 2 heterocycles. The van der Waals surface area contributed by atoms with Gasteiger partial charge in [0.25, 0.3) is 5.56 Å². The topological polar surface area (TPSA) is 60.3 Å². The Morgan fingerprint density at radius 2 is 1.83 bits per heavy atom. The molecule has 1 aliphatic rings. The second kappa shape index (κ2) is 9.77. The summed E-state index contributed by atoms with van der Waals surface area (Å²) < 4.78 is 7.63. The van der Waals surface area contributed by atoms with E-state index in [1.807, 2.05) is 48.5 Å². The molecule has 3 aromatic rings. The van der Waals surface area contributed by atoms with E-state index in [9.17, 15) is 9.59 Å².